The van der Waals surface area contributed by atoms with Crippen LogP contribution in [0.4, 0.5) is 0 Å². The average Bonchev–Trinajstić information content (AvgIpc) is 2.31. The fraction of sp³-hybridized carbons (Fsp3) is 1.00. The molecule has 0 amide bonds. The molecule has 0 bridgehead atoms. The first-order chi connectivity index (χ1) is 7.27. The van der Waals surface area contributed by atoms with Gasteiger partial charge in [0.1, 0.15) is 5.60 Å². The highest BCUT2D eigenvalue weighted by Gasteiger charge is 2.45. The SMILES string of the molecule is COC1CCCCC1(O)C1CCCCN1. The molecule has 0 aromatic rings. The second-order valence-corrected chi connectivity index (χ2v) is 4.96. The monoisotopic (exact) mass is 213 g/mol. The minimum Gasteiger partial charge on any atom is -0.386 e. The zero-order valence-electron chi connectivity index (χ0n) is 9.67. The van der Waals surface area contributed by atoms with E-state index in [0.717, 1.165) is 32.2 Å². The van der Waals surface area contributed by atoms with Crippen molar-refractivity contribution in [2.45, 2.75) is 62.7 Å². The van der Waals surface area contributed by atoms with Crippen LogP contribution in [0.1, 0.15) is 44.9 Å². The lowest BCUT2D eigenvalue weighted by Gasteiger charge is -2.46. The molecule has 15 heavy (non-hydrogen) atoms. The molecule has 0 spiro atoms. The molecule has 3 nitrogen and oxygen atoms in total. The van der Waals surface area contributed by atoms with Crippen molar-refractivity contribution in [3.63, 3.8) is 0 Å². The molecule has 1 saturated carbocycles. The van der Waals surface area contributed by atoms with Crippen molar-refractivity contribution in [2.24, 2.45) is 0 Å². The molecule has 0 aromatic carbocycles. The Kier molecular flexibility index (Phi) is 3.65. The second kappa shape index (κ2) is 4.81. The Balaban J connectivity index is 2.06. The first kappa shape index (κ1) is 11.4. The van der Waals surface area contributed by atoms with Crippen LogP contribution in [0.3, 0.4) is 0 Å². The van der Waals surface area contributed by atoms with Crippen molar-refractivity contribution in [3.8, 4) is 0 Å². The van der Waals surface area contributed by atoms with E-state index in [1.165, 1.54) is 19.3 Å². The molecule has 2 fully saturated rings. The van der Waals surface area contributed by atoms with Gasteiger partial charge in [-0.05, 0) is 32.2 Å². The first-order valence-electron chi connectivity index (χ1n) is 6.26. The molecular weight excluding hydrogens is 190 g/mol. The van der Waals surface area contributed by atoms with Crippen LogP contribution in [0, 0.1) is 0 Å². The smallest absolute Gasteiger partial charge is 0.106 e. The van der Waals surface area contributed by atoms with E-state index < -0.39 is 5.60 Å². The normalized spacial score (nSPS) is 42.8. The van der Waals surface area contributed by atoms with Crippen molar-refractivity contribution < 1.29 is 9.84 Å². The van der Waals surface area contributed by atoms with Crippen molar-refractivity contribution >= 4 is 0 Å². The second-order valence-electron chi connectivity index (χ2n) is 4.96. The van der Waals surface area contributed by atoms with Crippen LogP contribution < -0.4 is 5.32 Å². The molecule has 2 aliphatic rings. The summed E-state index contributed by atoms with van der Waals surface area (Å²) < 4.78 is 5.47. The van der Waals surface area contributed by atoms with Gasteiger partial charge in [0.15, 0.2) is 0 Å². The molecule has 1 heterocycles. The van der Waals surface area contributed by atoms with Crippen LogP contribution in [0.5, 0.6) is 0 Å². The number of hydrogen-bond acceptors (Lipinski definition) is 3. The topological polar surface area (TPSA) is 41.5 Å². The van der Waals surface area contributed by atoms with Crippen LogP contribution in [-0.4, -0.2) is 36.5 Å². The lowest BCUT2D eigenvalue weighted by molar-refractivity contribution is -0.139. The molecule has 1 saturated heterocycles. The Labute approximate surface area is 92.2 Å². The van der Waals surface area contributed by atoms with Gasteiger partial charge >= 0.3 is 0 Å². The molecule has 0 radical (unpaired) electrons. The summed E-state index contributed by atoms with van der Waals surface area (Å²) in [6, 6.07) is 0.247. The summed E-state index contributed by atoms with van der Waals surface area (Å²) in [5, 5.41) is 14.2. The molecule has 88 valence electrons. The van der Waals surface area contributed by atoms with E-state index >= 15 is 0 Å². The number of ether oxygens (including phenoxy) is 1. The standard InChI is InChI=1S/C12H23NO2/c1-15-11-7-2-4-8-12(11,14)10-6-3-5-9-13-10/h10-11,13-14H,2-9H2,1H3. The maximum absolute atomic E-state index is 10.8. The van der Waals surface area contributed by atoms with Crippen molar-refractivity contribution in [2.75, 3.05) is 13.7 Å². The third-order valence-corrected chi connectivity index (χ3v) is 4.05. The summed E-state index contributed by atoms with van der Waals surface area (Å²) in [4.78, 5) is 0. The van der Waals surface area contributed by atoms with E-state index in [-0.39, 0.29) is 12.1 Å². The van der Waals surface area contributed by atoms with Gasteiger partial charge in [-0.15, -0.1) is 0 Å². The Morgan fingerprint density at radius 2 is 2.00 bits per heavy atom. The van der Waals surface area contributed by atoms with Gasteiger partial charge in [-0.2, -0.15) is 0 Å². The predicted octanol–water partition coefficient (Wildman–Crippen LogP) is 1.45. The summed E-state index contributed by atoms with van der Waals surface area (Å²) in [6.07, 6.45) is 7.81. The van der Waals surface area contributed by atoms with Crippen LogP contribution in [0.15, 0.2) is 0 Å². The number of hydrogen-bond donors (Lipinski definition) is 2. The van der Waals surface area contributed by atoms with E-state index in [1.807, 2.05) is 0 Å². The third kappa shape index (κ3) is 2.19. The Hall–Kier alpha value is -0.120. The number of methoxy groups -OCH3 is 1. The minimum absolute atomic E-state index is 0.0295. The van der Waals surface area contributed by atoms with Gasteiger partial charge in [-0.3, -0.25) is 0 Å². The molecular formula is C12H23NO2. The van der Waals surface area contributed by atoms with Crippen LogP contribution in [0.2, 0.25) is 0 Å². The number of piperidine rings is 1. The maximum atomic E-state index is 10.8. The summed E-state index contributed by atoms with van der Waals surface area (Å²) in [6.45, 7) is 1.05. The maximum Gasteiger partial charge on any atom is 0.106 e. The Bertz CT molecular complexity index is 204. The minimum atomic E-state index is -0.618. The summed E-state index contributed by atoms with van der Waals surface area (Å²) in [7, 11) is 1.73. The predicted molar refractivity (Wildman–Crippen MR) is 59.9 cm³/mol. The molecule has 3 heteroatoms. The highest BCUT2D eigenvalue weighted by molar-refractivity contribution is 5.01. The van der Waals surface area contributed by atoms with Gasteiger partial charge < -0.3 is 15.2 Å². The van der Waals surface area contributed by atoms with Gasteiger partial charge in [-0.1, -0.05) is 19.3 Å². The van der Waals surface area contributed by atoms with Crippen LogP contribution >= 0.6 is 0 Å². The third-order valence-electron chi connectivity index (χ3n) is 4.05. The Morgan fingerprint density at radius 3 is 2.67 bits per heavy atom. The average molecular weight is 213 g/mol. The van der Waals surface area contributed by atoms with E-state index in [2.05, 4.69) is 5.32 Å². The molecule has 2 N–H and O–H groups in total. The van der Waals surface area contributed by atoms with Crippen LogP contribution in [-0.2, 0) is 4.74 Å². The molecule has 1 aliphatic heterocycles. The van der Waals surface area contributed by atoms with Gasteiger partial charge in [0.25, 0.3) is 0 Å². The van der Waals surface area contributed by atoms with Gasteiger partial charge in [-0.25, -0.2) is 0 Å². The highest BCUT2D eigenvalue weighted by atomic mass is 16.5. The fourth-order valence-electron chi connectivity index (χ4n) is 3.15. The van der Waals surface area contributed by atoms with E-state index in [9.17, 15) is 5.11 Å². The zero-order valence-corrected chi connectivity index (χ0v) is 9.67. The van der Waals surface area contributed by atoms with E-state index in [0.29, 0.717) is 0 Å². The van der Waals surface area contributed by atoms with Gasteiger partial charge in [0, 0.05) is 13.2 Å². The largest absolute Gasteiger partial charge is 0.386 e. The lowest BCUT2D eigenvalue weighted by Crippen LogP contribution is -2.60. The summed E-state index contributed by atoms with van der Waals surface area (Å²) in [5.41, 5.74) is -0.618. The number of nitrogens with one attached hydrogen (secondary N) is 1. The van der Waals surface area contributed by atoms with Crippen molar-refractivity contribution in [1.29, 1.82) is 0 Å². The van der Waals surface area contributed by atoms with E-state index in [1.54, 1.807) is 7.11 Å². The fourth-order valence-corrected chi connectivity index (χ4v) is 3.15. The number of rotatable bonds is 2. The Morgan fingerprint density at radius 1 is 1.20 bits per heavy atom. The van der Waals surface area contributed by atoms with E-state index in [4.69, 9.17) is 4.74 Å². The molecule has 2 rings (SSSR count). The first-order valence-corrected chi connectivity index (χ1v) is 6.26. The zero-order chi connectivity index (χ0) is 10.7. The molecule has 3 unspecified atom stereocenters. The summed E-state index contributed by atoms with van der Waals surface area (Å²) in [5.74, 6) is 0. The van der Waals surface area contributed by atoms with Crippen molar-refractivity contribution in [1.82, 2.24) is 5.32 Å². The highest BCUT2D eigenvalue weighted by Crippen LogP contribution is 2.35. The summed E-state index contributed by atoms with van der Waals surface area (Å²) >= 11 is 0. The van der Waals surface area contributed by atoms with Crippen molar-refractivity contribution in [3.05, 3.63) is 0 Å². The van der Waals surface area contributed by atoms with Crippen LogP contribution in [0.25, 0.3) is 0 Å². The van der Waals surface area contributed by atoms with Gasteiger partial charge in [0.05, 0.1) is 6.10 Å². The molecule has 0 aromatic heterocycles. The molecule has 1 aliphatic carbocycles. The van der Waals surface area contributed by atoms with Gasteiger partial charge in [0.2, 0.25) is 0 Å². The lowest BCUT2D eigenvalue weighted by atomic mass is 9.74. The molecule has 3 atom stereocenters. The number of aliphatic hydroxyl groups is 1. The quantitative estimate of drug-likeness (QED) is 0.729.